The molecular formula is C16H26N4. The molecule has 0 bridgehead atoms. The molecule has 0 saturated heterocycles. The largest absolute Gasteiger partial charge is 0.352 e. The Morgan fingerprint density at radius 1 is 1.25 bits per heavy atom. The number of aromatic nitrogens is 3. The van der Waals surface area contributed by atoms with Crippen molar-refractivity contribution in [3.05, 3.63) is 42.5 Å². The van der Waals surface area contributed by atoms with Crippen LogP contribution in [0.2, 0.25) is 0 Å². The highest BCUT2D eigenvalue weighted by Gasteiger charge is 2.15. The number of hydrogen-bond donors (Lipinski definition) is 1. The molecule has 0 aliphatic carbocycles. The van der Waals surface area contributed by atoms with Gasteiger partial charge in [0.1, 0.15) is 0 Å². The highest BCUT2D eigenvalue weighted by molar-refractivity contribution is 5.16. The van der Waals surface area contributed by atoms with Gasteiger partial charge in [-0.1, -0.05) is 20.8 Å². The topological polar surface area (TPSA) is 34.8 Å². The molecule has 4 heteroatoms. The summed E-state index contributed by atoms with van der Waals surface area (Å²) < 4.78 is 4.22. The van der Waals surface area contributed by atoms with Crippen LogP contribution >= 0.6 is 0 Å². The molecule has 0 spiro atoms. The highest BCUT2D eigenvalue weighted by atomic mass is 15.3. The Balaban J connectivity index is 1.95. The van der Waals surface area contributed by atoms with E-state index in [-0.39, 0.29) is 0 Å². The molecule has 4 nitrogen and oxygen atoms in total. The van der Waals surface area contributed by atoms with Crippen LogP contribution in [-0.4, -0.2) is 20.9 Å². The first-order chi connectivity index (χ1) is 9.70. The fourth-order valence-electron chi connectivity index (χ4n) is 2.47. The lowest BCUT2D eigenvalue weighted by molar-refractivity contribution is 0.412. The molecule has 0 saturated carbocycles. The Morgan fingerprint density at radius 2 is 2.10 bits per heavy atom. The minimum Gasteiger partial charge on any atom is -0.352 e. The second-order valence-corrected chi connectivity index (χ2v) is 5.63. The lowest BCUT2D eigenvalue weighted by Crippen LogP contribution is -2.26. The summed E-state index contributed by atoms with van der Waals surface area (Å²) in [6.07, 6.45) is 9.43. The number of nitrogens with zero attached hydrogens (tertiary/aromatic N) is 3. The Morgan fingerprint density at radius 3 is 2.75 bits per heavy atom. The second kappa shape index (κ2) is 7.29. The zero-order valence-corrected chi connectivity index (χ0v) is 12.8. The van der Waals surface area contributed by atoms with Gasteiger partial charge >= 0.3 is 0 Å². The number of rotatable bonds is 8. The van der Waals surface area contributed by atoms with Gasteiger partial charge in [-0.15, -0.1) is 0 Å². The van der Waals surface area contributed by atoms with E-state index in [1.807, 2.05) is 23.1 Å². The summed E-state index contributed by atoms with van der Waals surface area (Å²) in [6.45, 7) is 9.69. The van der Waals surface area contributed by atoms with Crippen molar-refractivity contribution in [3.8, 4) is 0 Å². The summed E-state index contributed by atoms with van der Waals surface area (Å²) in [6, 6.07) is 4.64. The summed E-state index contributed by atoms with van der Waals surface area (Å²) in [5.41, 5.74) is 1.38. The Labute approximate surface area is 121 Å². The molecule has 2 aromatic rings. The summed E-state index contributed by atoms with van der Waals surface area (Å²) in [4.78, 5) is 0. The van der Waals surface area contributed by atoms with Crippen LogP contribution in [0.25, 0.3) is 0 Å². The first kappa shape index (κ1) is 14.9. The Kier molecular flexibility index (Phi) is 5.41. The van der Waals surface area contributed by atoms with Crippen LogP contribution in [0, 0.1) is 5.92 Å². The van der Waals surface area contributed by atoms with E-state index >= 15 is 0 Å². The first-order valence-corrected chi connectivity index (χ1v) is 7.57. The molecule has 2 rings (SSSR count). The second-order valence-electron chi connectivity index (χ2n) is 5.63. The standard InChI is InChI=1S/C16H26N4/c1-4-7-17-16(14(2)3)15-6-10-19(13-15)11-12-20-9-5-8-18-20/h5-6,8-10,13-14,16-17H,4,7,11-12H2,1-3H3. The highest BCUT2D eigenvalue weighted by Crippen LogP contribution is 2.22. The molecule has 0 aliphatic rings. The van der Waals surface area contributed by atoms with E-state index in [0.717, 1.165) is 19.6 Å². The van der Waals surface area contributed by atoms with Crippen LogP contribution in [0.4, 0.5) is 0 Å². The summed E-state index contributed by atoms with van der Waals surface area (Å²) in [5, 5.41) is 7.87. The average Bonchev–Trinajstić information content (AvgIpc) is 3.08. The van der Waals surface area contributed by atoms with Gasteiger partial charge < -0.3 is 9.88 Å². The van der Waals surface area contributed by atoms with Gasteiger partial charge in [0.25, 0.3) is 0 Å². The lowest BCUT2D eigenvalue weighted by atomic mass is 9.98. The van der Waals surface area contributed by atoms with Gasteiger partial charge in [0.2, 0.25) is 0 Å². The Bertz CT molecular complexity index is 484. The normalized spacial score (nSPS) is 13.0. The molecule has 0 aliphatic heterocycles. The number of nitrogens with one attached hydrogen (secondary N) is 1. The van der Waals surface area contributed by atoms with Crippen molar-refractivity contribution in [2.45, 2.75) is 46.3 Å². The van der Waals surface area contributed by atoms with Gasteiger partial charge in [-0.25, -0.2) is 0 Å². The van der Waals surface area contributed by atoms with Crippen LogP contribution in [0.3, 0.4) is 0 Å². The van der Waals surface area contributed by atoms with Crippen LogP contribution in [0.15, 0.2) is 36.9 Å². The van der Waals surface area contributed by atoms with Gasteiger partial charge in [-0.05, 0) is 36.6 Å². The maximum atomic E-state index is 4.23. The van der Waals surface area contributed by atoms with Gasteiger partial charge in [0.05, 0.1) is 6.54 Å². The van der Waals surface area contributed by atoms with E-state index in [1.165, 1.54) is 12.0 Å². The molecule has 1 atom stereocenters. The van der Waals surface area contributed by atoms with E-state index in [4.69, 9.17) is 0 Å². The van der Waals surface area contributed by atoms with Crippen LogP contribution in [0.5, 0.6) is 0 Å². The van der Waals surface area contributed by atoms with Gasteiger partial charge in [0.15, 0.2) is 0 Å². The third-order valence-corrected chi connectivity index (χ3v) is 3.56. The van der Waals surface area contributed by atoms with Crippen molar-refractivity contribution in [2.24, 2.45) is 5.92 Å². The van der Waals surface area contributed by atoms with E-state index in [1.54, 1.807) is 0 Å². The number of hydrogen-bond acceptors (Lipinski definition) is 2. The minimum atomic E-state index is 0.445. The maximum absolute atomic E-state index is 4.23. The van der Waals surface area contributed by atoms with Crippen molar-refractivity contribution in [2.75, 3.05) is 6.54 Å². The van der Waals surface area contributed by atoms with Gasteiger partial charge in [0, 0.05) is 37.4 Å². The fourth-order valence-corrected chi connectivity index (χ4v) is 2.47. The molecule has 2 heterocycles. The van der Waals surface area contributed by atoms with Crippen molar-refractivity contribution >= 4 is 0 Å². The third kappa shape index (κ3) is 3.97. The molecular weight excluding hydrogens is 248 g/mol. The molecule has 0 fully saturated rings. The van der Waals surface area contributed by atoms with Crippen LogP contribution in [0.1, 0.15) is 38.8 Å². The molecule has 0 radical (unpaired) electrons. The average molecular weight is 274 g/mol. The fraction of sp³-hybridized carbons (Fsp3) is 0.562. The van der Waals surface area contributed by atoms with Crippen LogP contribution < -0.4 is 5.32 Å². The zero-order chi connectivity index (χ0) is 14.4. The molecule has 1 N–H and O–H groups in total. The zero-order valence-electron chi connectivity index (χ0n) is 12.8. The first-order valence-electron chi connectivity index (χ1n) is 7.57. The lowest BCUT2D eigenvalue weighted by Gasteiger charge is -2.21. The molecule has 1 unspecified atom stereocenters. The maximum Gasteiger partial charge on any atom is 0.0588 e. The Hall–Kier alpha value is -1.55. The van der Waals surface area contributed by atoms with Crippen molar-refractivity contribution < 1.29 is 0 Å². The molecule has 110 valence electrons. The summed E-state index contributed by atoms with van der Waals surface area (Å²) in [7, 11) is 0. The molecule has 20 heavy (non-hydrogen) atoms. The van der Waals surface area contributed by atoms with E-state index in [2.05, 4.69) is 54.2 Å². The smallest absolute Gasteiger partial charge is 0.0588 e. The quantitative estimate of drug-likeness (QED) is 0.803. The van der Waals surface area contributed by atoms with Crippen molar-refractivity contribution in [3.63, 3.8) is 0 Å². The predicted molar refractivity (Wildman–Crippen MR) is 82.5 cm³/mol. The molecule has 0 amide bonds. The predicted octanol–water partition coefficient (Wildman–Crippen LogP) is 3.08. The van der Waals surface area contributed by atoms with E-state index in [9.17, 15) is 0 Å². The van der Waals surface area contributed by atoms with Crippen LogP contribution in [-0.2, 0) is 13.1 Å². The van der Waals surface area contributed by atoms with Gasteiger partial charge in [-0.3, -0.25) is 4.68 Å². The SMILES string of the molecule is CCCNC(c1ccn(CCn2cccn2)c1)C(C)C. The van der Waals surface area contributed by atoms with E-state index < -0.39 is 0 Å². The summed E-state index contributed by atoms with van der Waals surface area (Å²) >= 11 is 0. The third-order valence-electron chi connectivity index (χ3n) is 3.56. The van der Waals surface area contributed by atoms with Gasteiger partial charge in [-0.2, -0.15) is 5.10 Å². The summed E-state index contributed by atoms with van der Waals surface area (Å²) in [5.74, 6) is 0.600. The minimum absolute atomic E-state index is 0.445. The monoisotopic (exact) mass is 274 g/mol. The molecule has 2 aromatic heterocycles. The van der Waals surface area contributed by atoms with Crippen molar-refractivity contribution in [1.82, 2.24) is 19.7 Å². The van der Waals surface area contributed by atoms with Crippen molar-refractivity contribution in [1.29, 1.82) is 0 Å². The molecule has 0 aromatic carbocycles. The van der Waals surface area contributed by atoms with E-state index in [0.29, 0.717) is 12.0 Å². The number of aryl methyl sites for hydroxylation is 2.